The summed E-state index contributed by atoms with van der Waals surface area (Å²) in [6.45, 7) is 10.9. The number of nitrogens with one attached hydrogen (secondary N) is 1. The lowest BCUT2D eigenvalue weighted by Gasteiger charge is -2.35. The summed E-state index contributed by atoms with van der Waals surface area (Å²) >= 11 is 0. The zero-order valence-corrected chi connectivity index (χ0v) is 9.84. The van der Waals surface area contributed by atoms with Gasteiger partial charge >= 0.3 is 0 Å². The molecule has 0 amide bonds. The average molecular weight is 196 g/mol. The van der Waals surface area contributed by atoms with E-state index in [0.717, 1.165) is 5.92 Å². The molecular weight excluding hydrogens is 172 g/mol. The molecule has 2 unspecified atom stereocenters. The average Bonchev–Trinajstić information content (AvgIpc) is 2.85. The fourth-order valence-electron chi connectivity index (χ4n) is 2.37. The van der Waals surface area contributed by atoms with Crippen molar-refractivity contribution < 1.29 is 0 Å². The first-order chi connectivity index (χ1) is 6.60. The maximum atomic E-state index is 3.60. The molecule has 2 atom stereocenters. The fraction of sp³-hybridized carbons (Fsp3) is 1.00. The molecule has 0 aromatic rings. The van der Waals surface area contributed by atoms with Crippen molar-refractivity contribution in [3.63, 3.8) is 0 Å². The minimum absolute atomic E-state index is 0.575. The van der Waals surface area contributed by atoms with Crippen LogP contribution in [-0.4, -0.2) is 36.1 Å². The Morgan fingerprint density at radius 2 is 2.00 bits per heavy atom. The van der Waals surface area contributed by atoms with Gasteiger partial charge in [0.2, 0.25) is 0 Å². The van der Waals surface area contributed by atoms with E-state index in [1.807, 2.05) is 0 Å². The summed E-state index contributed by atoms with van der Waals surface area (Å²) in [6.07, 6.45) is 4.14. The van der Waals surface area contributed by atoms with Crippen LogP contribution >= 0.6 is 0 Å². The SMILES string of the molecule is CC1CNC(C)CCN(C2(C)CC2)C1. The molecule has 0 radical (unpaired) electrons. The summed E-state index contributed by atoms with van der Waals surface area (Å²) in [4.78, 5) is 2.73. The molecule has 2 fully saturated rings. The molecule has 82 valence electrons. The maximum absolute atomic E-state index is 3.60. The Hall–Kier alpha value is -0.0800. The van der Waals surface area contributed by atoms with Crippen LogP contribution in [0.3, 0.4) is 0 Å². The molecular formula is C12H24N2. The third-order valence-electron chi connectivity index (χ3n) is 3.92. The summed E-state index contributed by atoms with van der Waals surface area (Å²) in [7, 11) is 0. The lowest BCUT2D eigenvalue weighted by molar-refractivity contribution is 0.142. The van der Waals surface area contributed by atoms with Crippen molar-refractivity contribution in [2.75, 3.05) is 19.6 Å². The maximum Gasteiger partial charge on any atom is 0.0182 e. The highest BCUT2D eigenvalue weighted by molar-refractivity contribution is 5.00. The van der Waals surface area contributed by atoms with Crippen LogP contribution in [0.25, 0.3) is 0 Å². The zero-order chi connectivity index (χ0) is 10.2. The van der Waals surface area contributed by atoms with Crippen molar-refractivity contribution in [1.29, 1.82) is 0 Å². The molecule has 14 heavy (non-hydrogen) atoms. The standard InChI is InChI=1S/C12H24N2/c1-10-8-13-11(2)4-7-14(9-10)12(3)5-6-12/h10-11,13H,4-9H2,1-3H3. The third kappa shape index (κ3) is 2.29. The second-order valence-corrected chi connectivity index (χ2v) is 5.65. The molecule has 1 aliphatic heterocycles. The summed E-state index contributed by atoms with van der Waals surface area (Å²) < 4.78 is 0. The van der Waals surface area contributed by atoms with E-state index in [9.17, 15) is 0 Å². The van der Waals surface area contributed by atoms with Crippen molar-refractivity contribution in [2.24, 2.45) is 5.92 Å². The topological polar surface area (TPSA) is 15.3 Å². The van der Waals surface area contributed by atoms with Crippen LogP contribution in [0, 0.1) is 5.92 Å². The second kappa shape index (κ2) is 3.82. The molecule has 0 bridgehead atoms. The van der Waals surface area contributed by atoms with Gasteiger partial charge in [-0.2, -0.15) is 0 Å². The molecule has 1 N–H and O–H groups in total. The van der Waals surface area contributed by atoms with Crippen molar-refractivity contribution in [1.82, 2.24) is 10.2 Å². The van der Waals surface area contributed by atoms with Gasteiger partial charge in [-0.25, -0.2) is 0 Å². The van der Waals surface area contributed by atoms with Gasteiger partial charge in [0.25, 0.3) is 0 Å². The van der Waals surface area contributed by atoms with Gasteiger partial charge in [-0.1, -0.05) is 6.92 Å². The molecule has 0 spiro atoms. The quantitative estimate of drug-likeness (QED) is 0.688. The molecule has 2 heteroatoms. The van der Waals surface area contributed by atoms with Crippen LogP contribution in [-0.2, 0) is 0 Å². The van der Waals surface area contributed by atoms with E-state index in [1.165, 1.54) is 38.9 Å². The van der Waals surface area contributed by atoms with Crippen molar-refractivity contribution in [3.8, 4) is 0 Å². The first kappa shape index (κ1) is 10.4. The smallest absolute Gasteiger partial charge is 0.0182 e. The predicted octanol–water partition coefficient (Wildman–Crippen LogP) is 1.86. The summed E-state index contributed by atoms with van der Waals surface area (Å²) in [5.74, 6) is 0.801. The molecule has 1 aliphatic carbocycles. The molecule has 1 heterocycles. The van der Waals surface area contributed by atoms with Crippen molar-refractivity contribution in [3.05, 3.63) is 0 Å². The van der Waals surface area contributed by atoms with Gasteiger partial charge in [-0.05, 0) is 45.6 Å². The highest BCUT2D eigenvalue weighted by atomic mass is 15.2. The Balaban J connectivity index is 1.95. The Morgan fingerprint density at radius 1 is 1.29 bits per heavy atom. The lowest BCUT2D eigenvalue weighted by atomic mass is 10.0. The van der Waals surface area contributed by atoms with E-state index < -0.39 is 0 Å². The first-order valence-corrected chi connectivity index (χ1v) is 6.08. The van der Waals surface area contributed by atoms with E-state index in [-0.39, 0.29) is 0 Å². The van der Waals surface area contributed by atoms with E-state index >= 15 is 0 Å². The minimum atomic E-state index is 0.575. The third-order valence-corrected chi connectivity index (χ3v) is 3.92. The van der Waals surface area contributed by atoms with E-state index in [4.69, 9.17) is 0 Å². The number of nitrogens with zero attached hydrogens (tertiary/aromatic N) is 1. The summed E-state index contributed by atoms with van der Waals surface area (Å²) in [5, 5.41) is 3.60. The molecule has 1 saturated heterocycles. The Morgan fingerprint density at radius 3 is 2.64 bits per heavy atom. The summed E-state index contributed by atoms with van der Waals surface area (Å²) in [6, 6.07) is 0.697. The van der Waals surface area contributed by atoms with Gasteiger partial charge in [-0.15, -0.1) is 0 Å². The Labute approximate surface area is 88.1 Å². The van der Waals surface area contributed by atoms with E-state index in [0.29, 0.717) is 11.6 Å². The van der Waals surface area contributed by atoms with Gasteiger partial charge in [0.15, 0.2) is 0 Å². The lowest BCUT2D eigenvalue weighted by Crippen LogP contribution is -2.46. The van der Waals surface area contributed by atoms with Gasteiger partial charge in [0, 0.05) is 24.7 Å². The Kier molecular flexibility index (Phi) is 2.85. The first-order valence-electron chi connectivity index (χ1n) is 6.08. The minimum Gasteiger partial charge on any atom is -0.314 e. The number of hydrogen-bond acceptors (Lipinski definition) is 2. The second-order valence-electron chi connectivity index (χ2n) is 5.65. The largest absolute Gasteiger partial charge is 0.314 e. The Bertz CT molecular complexity index is 198. The number of rotatable bonds is 1. The van der Waals surface area contributed by atoms with Crippen LogP contribution in [0.2, 0.25) is 0 Å². The van der Waals surface area contributed by atoms with Gasteiger partial charge < -0.3 is 5.32 Å². The van der Waals surface area contributed by atoms with Crippen LogP contribution < -0.4 is 5.32 Å². The highest BCUT2D eigenvalue weighted by Gasteiger charge is 2.43. The van der Waals surface area contributed by atoms with Crippen LogP contribution in [0.4, 0.5) is 0 Å². The van der Waals surface area contributed by atoms with Crippen molar-refractivity contribution in [2.45, 2.75) is 51.6 Å². The van der Waals surface area contributed by atoms with E-state index in [1.54, 1.807) is 0 Å². The van der Waals surface area contributed by atoms with E-state index in [2.05, 4.69) is 31.0 Å². The van der Waals surface area contributed by atoms with Gasteiger partial charge in [0.1, 0.15) is 0 Å². The van der Waals surface area contributed by atoms with Gasteiger partial charge in [0.05, 0.1) is 0 Å². The number of hydrogen-bond donors (Lipinski definition) is 1. The van der Waals surface area contributed by atoms with Crippen LogP contribution in [0.15, 0.2) is 0 Å². The molecule has 2 aliphatic rings. The highest BCUT2D eigenvalue weighted by Crippen LogP contribution is 2.41. The van der Waals surface area contributed by atoms with Gasteiger partial charge in [-0.3, -0.25) is 4.90 Å². The molecule has 2 rings (SSSR count). The van der Waals surface area contributed by atoms with Crippen molar-refractivity contribution >= 4 is 0 Å². The molecule has 0 aromatic carbocycles. The predicted molar refractivity (Wildman–Crippen MR) is 60.5 cm³/mol. The van der Waals surface area contributed by atoms with Crippen LogP contribution in [0.1, 0.15) is 40.0 Å². The van der Waals surface area contributed by atoms with Crippen LogP contribution in [0.5, 0.6) is 0 Å². The molecule has 0 aromatic heterocycles. The molecule has 1 saturated carbocycles. The normalized spacial score (nSPS) is 38.8. The zero-order valence-electron chi connectivity index (χ0n) is 9.84. The summed E-state index contributed by atoms with van der Waals surface area (Å²) in [5.41, 5.74) is 0.575. The molecule has 2 nitrogen and oxygen atoms in total. The monoisotopic (exact) mass is 196 g/mol. The fourth-order valence-corrected chi connectivity index (χ4v) is 2.37.